The molecule has 2 heterocycles. The first-order valence-corrected chi connectivity index (χ1v) is 6.92. The van der Waals surface area contributed by atoms with Crippen LogP contribution in [0.3, 0.4) is 0 Å². The van der Waals surface area contributed by atoms with Crippen LogP contribution in [0.5, 0.6) is 0 Å². The summed E-state index contributed by atoms with van der Waals surface area (Å²) in [7, 11) is 0. The van der Waals surface area contributed by atoms with Crippen molar-refractivity contribution >= 4 is 5.91 Å². The van der Waals surface area contributed by atoms with Crippen molar-refractivity contribution in [2.45, 2.75) is 32.1 Å². The van der Waals surface area contributed by atoms with Crippen molar-refractivity contribution in [1.29, 1.82) is 0 Å². The monoisotopic (exact) mass is 240 g/mol. The molecule has 1 unspecified atom stereocenters. The molecule has 4 heteroatoms. The Labute approximate surface area is 103 Å². The van der Waals surface area contributed by atoms with Gasteiger partial charge in [0.25, 0.3) is 0 Å². The second-order valence-corrected chi connectivity index (χ2v) is 5.18. The molecule has 0 bridgehead atoms. The molecular weight excluding hydrogens is 216 g/mol. The normalized spacial score (nSPS) is 26.7. The second-order valence-electron chi connectivity index (χ2n) is 5.18. The number of carbonyl (C=O) groups excluding carboxylic acids is 1. The third-order valence-electron chi connectivity index (χ3n) is 3.84. The number of amides is 1. The summed E-state index contributed by atoms with van der Waals surface area (Å²) in [6, 6.07) is 0. The molecule has 0 aromatic heterocycles. The quantitative estimate of drug-likeness (QED) is 0.768. The average Bonchev–Trinajstić information content (AvgIpc) is 2.41. The van der Waals surface area contributed by atoms with Crippen molar-refractivity contribution in [3.05, 3.63) is 0 Å². The summed E-state index contributed by atoms with van der Waals surface area (Å²) >= 11 is 0. The predicted molar refractivity (Wildman–Crippen MR) is 66.8 cm³/mol. The first-order valence-electron chi connectivity index (χ1n) is 6.92. The zero-order valence-electron chi connectivity index (χ0n) is 10.5. The largest absolute Gasteiger partial charge is 0.381 e. The number of hydrogen-bond donors (Lipinski definition) is 2. The van der Waals surface area contributed by atoms with Gasteiger partial charge in [0.1, 0.15) is 0 Å². The van der Waals surface area contributed by atoms with Gasteiger partial charge in [-0.15, -0.1) is 0 Å². The Bertz CT molecular complexity index is 234. The van der Waals surface area contributed by atoms with Crippen molar-refractivity contribution in [3.8, 4) is 0 Å². The van der Waals surface area contributed by atoms with Gasteiger partial charge in [0, 0.05) is 25.7 Å². The van der Waals surface area contributed by atoms with Gasteiger partial charge < -0.3 is 15.4 Å². The highest BCUT2D eigenvalue weighted by Gasteiger charge is 2.21. The lowest BCUT2D eigenvalue weighted by atomic mass is 9.95. The molecule has 98 valence electrons. The maximum atomic E-state index is 11.9. The summed E-state index contributed by atoms with van der Waals surface area (Å²) < 4.78 is 5.26. The van der Waals surface area contributed by atoms with Crippen molar-refractivity contribution in [2.24, 2.45) is 11.8 Å². The van der Waals surface area contributed by atoms with E-state index in [-0.39, 0.29) is 11.8 Å². The van der Waals surface area contributed by atoms with Crippen LogP contribution >= 0.6 is 0 Å². The van der Waals surface area contributed by atoms with Crippen LogP contribution in [0, 0.1) is 11.8 Å². The molecule has 0 radical (unpaired) electrons. The number of ether oxygens (including phenoxy) is 1. The highest BCUT2D eigenvalue weighted by Crippen LogP contribution is 2.15. The lowest BCUT2D eigenvalue weighted by Crippen LogP contribution is -2.37. The Hall–Kier alpha value is -0.610. The van der Waals surface area contributed by atoms with Crippen LogP contribution in [0.1, 0.15) is 32.1 Å². The van der Waals surface area contributed by atoms with Gasteiger partial charge >= 0.3 is 0 Å². The SMILES string of the molecule is O=C(NCCC1CCCNC1)C1CCOCC1. The summed E-state index contributed by atoms with van der Waals surface area (Å²) in [4.78, 5) is 11.9. The molecule has 2 fully saturated rings. The van der Waals surface area contributed by atoms with E-state index in [1.54, 1.807) is 0 Å². The van der Waals surface area contributed by atoms with Crippen LogP contribution in [0.2, 0.25) is 0 Å². The molecule has 0 aromatic rings. The van der Waals surface area contributed by atoms with Gasteiger partial charge in [-0.05, 0) is 51.1 Å². The van der Waals surface area contributed by atoms with E-state index >= 15 is 0 Å². The maximum absolute atomic E-state index is 11.9. The molecule has 1 atom stereocenters. The van der Waals surface area contributed by atoms with Gasteiger partial charge in [0.05, 0.1) is 0 Å². The molecule has 0 aromatic carbocycles. The van der Waals surface area contributed by atoms with Crippen LogP contribution in [-0.2, 0) is 9.53 Å². The van der Waals surface area contributed by atoms with Crippen LogP contribution < -0.4 is 10.6 Å². The van der Waals surface area contributed by atoms with E-state index in [0.717, 1.165) is 58.0 Å². The van der Waals surface area contributed by atoms with E-state index in [0.29, 0.717) is 0 Å². The van der Waals surface area contributed by atoms with E-state index in [4.69, 9.17) is 4.74 Å². The Balaban J connectivity index is 1.58. The summed E-state index contributed by atoms with van der Waals surface area (Å²) in [5, 5.41) is 6.48. The fourth-order valence-electron chi connectivity index (χ4n) is 2.67. The molecule has 2 N–H and O–H groups in total. The topological polar surface area (TPSA) is 50.4 Å². The molecule has 2 aliphatic heterocycles. The van der Waals surface area contributed by atoms with Gasteiger partial charge in [-0.3, -0.25) is 4.79 Å². The summed E-state index contributed by atoms with van der Waals surface area (Å²) in [6.45, 7) is 4.59. The van der Waals surface area contributed by atoms with Crippen LogP contribution in [0.4, 0.5) is 0 Å². The standard InChI is InChI=1S/C13H24N2O2/c16-13(12-4-8-17-9-5-12)15-7-3-11-2-1-6-14-10-11/h11-12,14H,1-10H2,(H,15,16). The third-order valence-corrected chi connectivity index (χ3v) is 3.84. The molecular formula is C13H24N2O2. The van der Waals surface area contributed by atoms with E-state index in [9.17, 15) is 4.79 Å². The first-order chi connectivity index (χ1) is 8.36. The molecule has 17 heavy (non-hydrogen) atoms. The predicted octanol–water partition coefficient (Wildman–Crippen LogP) is 0.919. The number of nitrogens with one attached hydrogen (secondary N) is 2. The highest BCUT2D eigenvalue weighted by molar-refractivity contribution is 5.78. The minimum absolute atomic E-state index is 0.188. The lowest BCUT2D eigenvalue weighted by Gasteiger charge is -2.24. The first kappa shape index (κ1) is 12.8. The van der Waals surface area contributed by atoms with Crippen LogP contribution in [0.25, 0.3) is 0 Å². The summed E-state index contributed by atoms with van der Waals surface area (Å²) in [5.74, 6) is 1.17. The van der Waals surface area contributed by atoms with E-state index in [2.05, 4.69) is 10.6 Å². The number of hydrogen-bond acceptors (Lipinski definition) is 3. The van der Waals surface area contributed by atoms with Crippen molar-refractivity contribution in [1.82, 2.24) is 10.6 Å². The van der Waals surface area contributed by atoms with Crippen molar-refractivity contribution < 1.29 is 9.53 Å². The fraction of sp³-hybridized carbons (Fsp3) is 0.923. The molecule has 2 aliphatic rings. The molecule has 0 spiro atoms. The molecule has 0 aliphatic carbocycles. The fourth-order valence-corrected chi connectivity index (χ4v) is 2.67. The van der Waals surface area contributed by atoms with Crippen LogP contribution in [-0.4, -0.2) is 38.8 Å². The Morgan fingerprint density at radius 1 is 1.29 bits per heavy atom. The minimum Gasteiger partial charge on any atom is -0.381 e. The number of carbonyl (C=O) groups is 1. The third kappa shape index (κ3) is 4.28. The molecule has 2 saturated heterocycles. The van der Waals surface area contributed by atoms with Crippen LogP contribution in [0.15, 0.2) is 0 Å². The summed E-state index contributed by atoms with van der Waals surface area (Å²) in [5.41, 5.74) is 0. The zero-order valence-corrected chi connectivity index (χ0v) is 10.5. The smallest absolute Gasteiger partial charge is 0.223 e. The minimum atomic E-state index is 0.188. The maximum Gasteiger partial charge on any atom is 0.223 e. The Morgan fingerprint density at radius 3 is 2.82 bits per heavy atom. The number of piperidine rings is 1. The summed E-state index contributed by atoms with van der Waals surface area (Å²) in [6.07, 6.45) is 5.47. The number of rotatable bonds is 4. The van der Waals surface area contributed by atoms with Gasteiger partial charge in [0.15, 0.2) is 0 Å². The van der Waals surface area contributed by atoms with Gasteiger partial charge in [-0.25, -0.2) is 0 Å². The molecule has 0 saturated carbocycles. The average molecular weight is 240 g/mol. The molecule has 1 amide bonds. The molecule has 4 nitrogen and oxygen atoms in total. The highest BCUT2D eigenvalue weighted by atomic mass is 16.5. The van der Waals surface area contributed by atoms with E-state index < -0.39 is 0 Å². The zero-order chi connectivity index (χ0) is 11.9. The van der Waals surface area contributed by atoms with E-state index in [1.165, 1.54) is 12.8 Å². The lowest BCUT2D eigenvalue weighted by molar-refractivity contribution is -0.127. The van der Waals surface area contributed by atoms with Gasteiger partial charge in [-0.1, -0.05) is 0 Å². The Morgan fingerprint density at radius 2 is 2.12 bits per heavy atom. The van der Waals surface area contributed by atoms with Crippen molar-refractivity contribution in [3.63, 3.8) is 0 Å². The van der Waals surface area contributed by atoms with Gasteiger partial charge in [-0.2, -0.15) is 0 Å². The molecule has 2 rings (SSSR count). The Kier molecular flexibility index (Phi) is 5.26. The van der Waals surface area contributed by atoms with Crippen molar-refractivity contribution in [2.75, 3.05) is 32.8 Å². The van der Waals surface area contributed by atoms with Gasteiger partial charge in [0.2, 0.25) is 5.91 Å². The second kappa shape index (κ2) is 6.97. The van der Waals surface area contributed by atoms with E-state index in [1.807, 2.05) is 0 Å².